The number of para-hydroxylation sites is 2. The van der Waals surface area contributed by atoms with Crippen molar-refractivity contribution in [2.45, 2.75) is 24.3 Å². The van der Waals surface area contributed by atoms with Crippen LogP contribution in [0.15, 0.2) is 53.4 Å². The van der Waals surface area contributed by atoms with Crippen molar-refractivity contribution >= 4 is 27.5 Å². The number of carbonyl (C=O) groups excluding carboxylic acids is 2. The molecule has 3 N–H and O–H groups in total. The lowest BCUT2D eigenvalue weighted by molar-refractivity contribution is -0.121. The van der Waals surface area contributed by atoms with E-state index in [4.69, 9.17) is 9.47 Å². The molecule has 0 spiro atoms. The van der Waals surface area contributed by atoms with E-state index in [0.29, 0.717) is 23.8 Å². The summed E-state index contributed by atoms with van der Waals surface area (Å²) in [7, 11) is -3.76. The Morgan fingerprint density at radius 1 is 1.07 bits per heavy atom. The molecule has 0 aromatic heterocycles. The van der Waals surface area contributed by atoms with E-state index in [-0.39, 0.29) is 42.3 Å². The number of nitrogens with one attached hydrogen (secondary N) is 3. The Bertz CT molecular complexity index is 1010. The lowest BCUT2D eigenvalue weighted by atomic mass is 10.2. The first-order valence-corrected chi connectivity index (χ1v) is 10.8. The van der Waals surface area contributed by atoms with Crippen LogP contribution in [-0.4, -0.2) is 46.0 Å². The molecular formula is C20H23N3O6S. The number of carbonyl (C=O) groups is 2. The van der Waals surface area contributed by atoms with Crippen LogP contribution in [0.5, 0.6) is 11.5 Å². The SMILES string of the molecule is CC(=O)Nc1ccc(S(=O)(=O)NCCC(=O)NC[C@@H]2COc3ccccc3O2)cc1. The molecule has 3 rings (SSSR count). The molecule has 0 fully saturated rings. The summed E-state index contributed by atoms with van der Waals surface area (Å²) < 4.78 is 38.3. The van der Waals surface area contributed by atoms with Crippen LogP contribution in [0.4, 0.5) is 5.69 Å². The average Bonchev–Trinajstić information content (AvgIpc) is 2.72. The predicted octanol–water partition coefficient (Wildman–Crippen LogP) is 1.27. The molecule has 0 bridgehead atoms. The van der Waals surface area contributed by atoms with Gasteiger partial charge < -0.3 is 20.1 Å². The van der Waals surface area contributed by atoms with Crippen molar-refractivity contribution in [1.29, 1.82) is 0 Å². The molecule has 2 amide bonds. The number of ether oxygens (including phenoxy) is 2. The number of amides is 2. The Kier molecular flexibility index (Phi) is 6.91. The van der Waals surface area contributed by atoms with E-state index in [2.05, 4.69) is 15.4 Å². The monoisotopic (exact) mass is 433 g/mol. The van der Waals surface area contributed by atoms with Crippen LogP contribution < -0.4 is 24.8 Å². The van der Waals surface area contributed by atoms with Crippen molar-refractivity contribution in [3.8, 4) is 11.5 Å². The third-order valence-electron chi connectivity index (χ3n) is 4.22. The van der Waals surface area contributed by atoms with Gasteiger partial charge in [0, 0.05) is 25.6 Å². The van der Waals surface area contributed by atoms with E-state index < -0.39 is 10.0 Å². The fourth-order valence-electron chi connectivity index (χ4n) is 2.78. The van der Waals surface area contributed by atoms with E-state index in [1.54, 1.807) is 6.07 Å². The van der Waals surface area contributed by atoms with Crippen LogP contribution in [0, 0.1) is 0 Å². The van der Waals surface area contributed by atoms with Crippen molar-refractivity contribution in [2.75, 3.05) is 25.0 Å². The summed E-state index contributed by atoms with van der Waals surface area (Å²) in [5.74, 6) is 0.741. The Morgan fingerprint density at radius 2 is 1.77 bits per heavy atom. The number of hydrogen-bond donors (Lipinski definition) is 3. The number of sulfonamides is 1. The minimum atomic E-state index is -3.76. The molecule has 1 aliphatic heterocycles. The van der Waals surface area contributed by atoms with Gasteiger partial charge in [-0.3, -0.25) is 9.59 Å². The highest BCUT2D eigenvalue weighted by molar-refractivity contribution is 7.89. The van der Waals surface area contributed by atoms with E-state index in [9.17, 15) is 18.0 Å². The summed E-state index contributed by atoms with van der Waals surface area (Å²) in [5.41, 5.74) is 0.498. The van der Waals surface area contributed by atoms with Crippen LogP contribution in [0.3, 0.4) is 0 Å². The molecule has 0 unspecified atom stereocenters. The molecule has 30 heavy (non-hydrogen) atoms. The largest absolute Gasteiger partial charge is 0.486 e. The molecule has 0 radical (unpaired) electrons. The lowest BCUT2D eigenvalue weighted by Crippen LogP contribution is -2.41. The minimum Gasteiger partial charge on any atom is -0.486 e. The zero-order valence-electron chi connectivity index (χ0n) is 16.4. The third-order valence-corrected chi connectivity index (χ3v) is 5.70. The van der Waals surface area contributed by atoms with Crippen LogP contribution in [0.1, 0.15) is 13.3 Å². The van der Waals surface area contributed by atoms with Gasteiger partial charge in [0.15, 0.2) is 11.5 Å². The molecule has 10 heteroatoms. The van der Waals surface area contributed by atoms with Gasteiger partial charge in [-0.25, -0.2) is 13.1 Å². The summed E-state index contributed by atoms with van der Waals surface area (Å²) >= 11 is 0. The predicted molar refractivity (Wildman–Crippen MR) is 110 cm³/mol. The number of rotatable bonds is 8. The van der Waals surface area contributed by atoms with Crippen LogP contribution in [-0.2, 0) is 19.6 Å². The Balaban J connectivity index is 1.41. The molecule has 1 heterocycles. The van der Waals surface area contributed by atoms with Crippen LogP contribution in [0.2, 0.25) is 0 Å². The normalized spacial score (nSPS) is 15.3. The maximum absolute atomic E-state index is 12.3. The molecule has 0 aliphatic carbocycles. The summed E-state index contributed by atoms with van der Waals surface area (Å²) in [6.45, 7) is 1.89. The zero-order chi connectivity index (χ0) is 21.6. The maximum Gasteiger partial charge on any atom is 0.240 e. The average molecular weight is 433 g/mol. The number of benzene rings is 2. The van der Waals surface area contributed by atoms with Gasteiger partial charge >= 0.3 is 0 Å². The number of anilines is 1. The lowest BCUT2D eigenvalue weighted by Gasteiger charge is -2.26. The summed E-state index contributed by atoms with van der Waals surface area (Å²) in [5, 5.41) is 5.28. The molecular weight excluding hydrogens is 410 g/mol. The molecule has 0 saturated heterocycles. The first-order valence-electron chi connectivity index (χ1n) is 9.36. The zero-order valence-corrected chi connectivity index (χ0v) is 17.2. The molecule has 1 atom stereocenters. The topological polar surface area (TPSA) is 123 Å². The minimum absolute atomic E-state index is 0.0205. The van der Waals surface area contributed by atoms with Crippen molar-refractivity contribution in [3.63, 3.8) is 0 Å². The molecule has 2 aromatic rings. The van der Waals surface area contributed by atoms with Gasteiger partial charge in [0.05, 0.1) is 11.4 Å². The second-order valence-corrected chi connectivity index (χ2v) is 8.42. The third kappa shape index (κ3) is 5.94. The van der Waals surface area contributed by atoms with Gasteiger partial charge in [0.25, 0.3) is 0 Å². The van der Waals surface area contributed by atoms with Gasteiger partial charge in [-0.05, 0) is 36.4 Å². The fourth-order valence-corrected chi connectivity index (χ4v) is 3.81. The van der Waals surface area contributed by atoms with Crippen LogP contribution in [0.25, 0.3) is 0 Å². The van der Waals surface area contributed by atoms with E-state index in [1.807, 2.05) is 18.2 Å². The summed E-state index contributed by atoms with van der Waals surface area (Å²) in [6.07, 6.45) is -0.337. The molecule has 9 nitrogen and oxygen atoms in total. The second kappa shape index (κ2) is 9.59. The van der Waals surface area contributed by atoms with Crippen molar-refractivity contribution in [2.24, 2.45) is 0 Å². The smallest absolute Gasteiger partial charge is 0.240 e. The van der Waals surface area contributed by atoms with Crippen LogP contribution >= 0.6 is 0 Å². The van der Waals surface area contributed by atoms with Gasteiger partial charge in [-0.1, -0.05) is 12.1 Å². The molecule has 160 valence electrons. The van der Waals surface area contributed by atoms with E-state index in [1.165, 1.54) is 31.2 Å². The van der Waals surface area contributed by atoms with Gasteiger partial charge in [0.1, 0.15) is 12.7 Å². The number of fused-ring (bicyclic) bond motifs is 1. The number of hydrogen-bond acceptors (Lipinski definition) is 6. The Labute approximate surface area is 174 Å². The Hall–Kier alpha value is -3.11. The quantitative estimate of drug-likeness (QED) is 0.576. The van der Waals surface area contributed by atoms with E-state index >= 15 is 0 Å². The Morgan fingerprint density at radius 3 is 2.47 bits per heavy atom. The van der Waals surface area contributed by atoms with Gasteiger partial charge in [-0.15, -0.1) is 0 Å². The summed E-state index contributed by atoms with van der Waals surface area (Å²) in [4.78, 5) is 23.1. The highest BCUT2D eigenvalue weighted by atomic mass is 32.2. The highest BCUT2D eigenvalue weighted by Gasteiger charge is 2.21. The van der Waals surface area contributed by atoms with E-state index in [0.717, 1.165) is 0 Å². The second-order valence-electron chi connectivity index (χ2n) is 6.66. The van der Waals surface area contributed by atoms with Crippen molar-refractivity contribution in [3.05, 3.63) is 48.5 Å². The standard InChI is InChI=1S/C20H23N3O6S/c1-14(24)23-15-6-8-17(9-7-15)30(26,27)22-11-10-20(25)21-12-16-13-28-18-4-2-3-5-19(18)29-16/h2-9,16,22H,10-13H2,1H3,(H,21,25)(H,23,24)/t16-/m1/s1. The fraction of sp³-hybridized carbons (Fsp3) is 0.300. The van der Waals surface area contributed by atoms with Crippen molar-refractivity contribution < 1.29 is 27.5 Å². The summed E-state index contributed by atoms with van der Waals surface area (Å²) in [6, 6.07) is 13.0. The molecule has 2 aromatic carbocycles. The maximum atomic E-state index is 12.3. The first-order chi connectivity index (χ1) is 14.3. The van der Waals surface area contributed by atoms with Crippen molar-refractivity contribution in [1.82, 2.24) is 10.0 Å². The van der Waals surface area contributed by atoms with Gasteiger partial charge in [-0.2, -0.15) is 0 Å². The first kappa shape index (κ1) is 21.6. The van der Waals surface area contributed by atoms with Gasteiger partial charge in [0.2, 0.25) is 21.8 Å². The highest BCUT2D eigenvalue weighted by Crippen LogP contribution is 2.30. The molecule has 1 aliphatic rings. The molecule has 0 saturated carbocycles.